The van der Waals surface area contributed by atoms with E-state index in [2.05, 4.69) is 23.8 Å². The molecule has 1 rings (SSSR count). The van der Waals surface area contributed by atoms with Gasteiger partial charge >= 0.3 is 0 Å². The number of nitrogens with one attached hydrogen (secondary N) is 1. The molecule has 13 heavy (non-hydrogen) atoms. The number of hydrogen-bond acceptors (Lipinski definition) is 2. The summed E-state index contributed by atoms with van der Waals surface area (Å²) in [6.45, 7) is 7.25. The highest BCUT2D eigenvalue weighted by atomic mass is 35.5. The van der Waals surface area contributed by atoms with Gasteiger partial charge in [0.05, 0.1) is 6.33 Å². The molecule has 0 aliphatic heterocycles. The van der Waals surface area contributed by atoms with Crippen LogP contribution in [0.3, 0.4) is 0 Å². The summed E-state index contributed by atoms with van der Waals surface area (Å²) in [5.41, 5.74) is 0. The SMILES string of the molecule is C=C(Cl)CNC(C)Cn1ccnc1. The fourth-order valence-corrected chi connectivity index (χ4v) is 1.14. The van der Waals surface area contributed by atoms with E-state index in [-0.39, 0.29) is 0 Å². The van der Waals surface area contributed by atoms with Crippen molar-refractivity contribution in [2.45, 2.75) is 19.5 Å². The third kappa shape index (κ3) is 4.10. The molecule has 0 fully saturated rings. The summed E-state index contributed by atoms with van der Waals surface area (Å²) in [6, 6.07) is 0.365. The van der Waals surface area contributed by atoms with E-state index in [4.69, 9.17) is 11.6 Å². The molecule has 0 aliphatic carbocycles. The van der Waals surface area contributed by atoms with E-state index in [1.807, 2.05) is 10.8 Å². The zero-order valence-corrected chi connectivity index (χ0v) is 8.46. The molecule has 3 nitrogen and oxygen atoms in total. The number of rotatable bonds is 5. The molecule has 1 unspecified atom stereocenters. The van der Waals surface area contributed by atoms with Gasteiger partial charge in [-0.1, -0.05) is 18.2 Å². The van der Waals surface area contributed by atoms with Crippen molar-refractivity contribution in [3.8, 4) is 0 Å². The predicted octanol–water partition coefficient (Wildman–Crippen LogP) is 1.61. The molecule has 0 spiro atoms. The number of nitrogens with zero attached hydrogens (tertiary/aromatic N) is 2. The van der Waals surface area contributed by atoms with E-state index >= 15 is 0 Å². The lowest BCUT2D eigenvalue weighted by Gasteiger charge is -2.13. The first kappa shape index (κ1) is 10.3. The lowest BCUT2D eigenvalue weighted by molar-refractivity contribution is 0.497. The monoisotopic (exact) mass is 199 g/mol. The standard InChI is InChI=1S/C9H14ClN3/c1-8(10)5-12-9(2)6-13-4-3-11-7-13/h3-4,7,9,12H,1,5-6H2,2H3. The van der Waals surface area contributed by atoms with Crippen LogP contribution in [0.15, 0.2) is 30.3 Å². The van der Waals surface area contributed by atoms with Gasteiger partial charge in [-0.25, -0.2) is 4.98 Å². The third-order valence-electron chi connectivity index (χ3n) is 1.69. The number of imidazole rings is 1. The highest BCUT2D eigenvalue weighted by Crippen LogP contribution is 1.96. The average molecular weight is 200 g/mol. The van der Waals surface area contributed by atoms with Gasteiger partial charge < -0.3 is 9.88 Å². The Hall–Kier alpha value is -0.800. The van der Waals surface area contributed by atoms with Crippen molar-refractivity contribution in [1.29, 1.82) is 0 Å². The molecule has 0 amide bonds. The summed E-state index contributed by atoms with van der Waals surface area (Å²) in [5, 5.41) is 3.88. The van der Waals surface area contributed by atoms with Gasteiger partial charge in [0.15, 0.2) is 0 Å². The Balaban J connectivity index is 2.25. The van der Waals surface area contributed by atoms with E-state index in [1.54, 1.807) is 12.5 Å². The van der Waals surface area contributed by atoms with Crippen LogP contribution in [0.2, 0.25) is 0 Å². The van der Waals surface area contributed by atoms with Crippen molar-refractivity contribution in [2.24, 2.45) is 0 Å². The summed E-state index contributed by atoms with van der Waals surface area (Å²) >= 11 is 5.63. The highest BCUT2D eigenvalue weighted by Gasteiger charge is 2.01. The van der Waals surface area contributed by atoms with Crippen LogP contribution >= 0.6 is 11.6 Å². The largest absolute Gasteiger partial charge is 0.336 e. The van der Waals surface area contributed by atoms with Crippen LogP contribution in [0.1, 0.15) is 6.92 Å². The molecule has 1 N–H and O–H groups in total. The van der Waals surface area contributed by atoms with Crippen LogP contribution in [0.5, 0.6) is 0 Å². The minimum absolute atomic E-state index is 0.365. The average Bonchev–Trinajstić information content (AvgIpc) is 2.53. The van der Waals surface area contributed by atoms with Gasteiger partial charge in [0, 0.05) is 36.6 Å². The van der Waals surface area contributed by atoms with E-state index in [0.717, 1.165) is 6.54 Å². The lowest BCUT2D eigenvalue weighted by atomic mass is 10.3. The van der Waals surface area contributed by atoms with Gasteiger partial charge in [0.25, 0.3) is 0 Å². The maximum absolute atomic E-state index is 5.63. The molecular formula is C9H14ClN3. The second-order valence-corrected chi connectivity index (χ2v) is 3.59. The van der Waals surface area contributed by atoms with Crippen molar-refractivity contribution in [3.63, 3.8) is 0 Å². The Labute approximate surface area is 83.4 Å². The Bertz CT molecular complexity index is 256. The molecule has 1 atom stereocenters. The maximum atomic E-state index is 5.63. The van der Waals surface area contributed by atoms with Crippen molar-refractivity contribution in [2.75, 3.05) is 6.54 Å². The second-order valence-electron chi connectivity index (χ2n) is 3.06. The van der Waals surface area contributed by atoms with Crippen molar-refractivity contribution < 1.29 is 0 Å². The smallest absolute Gasteiger partial charge is 0.0946 e. The van der Waals surface area contributed by atoms with Gasteiger partial charge in [-0.3, -0.25) is 0 Å². The van der Waals surface area contributed by atoms with Gasteiger partial charge in [-0.2, -0.15) is 0 Å². The normalized spacial score (nSPS) is 12.8. The fourth-order valence-electron chi connectivity index (χ4n) is 1.06. The molecule has 0 aromatic carbocycles. The van der Waals surface area contributed by atoms with Crippen LogP contribution in [0.4, 0.5) is 0 Å². The zero-order chi connectivity index (χ0) is 9.68. The maximum Gasteiger partial charge on any atom is 0.0946 e. The topological polar surface area (TPSA) is 29.9 Å². The molecule has 72 valence electrons. The molecule has 0 saturated carbocycles. The summed E-state index contributed by atoms with van der Waals surface area (Å²) in [4.78, 5) is 3.96. The molecule has 0 aliphatic rings. The second kappa shape index (κ2) is 5.04. The summed E-state index contributed by atoms with van der Waals surface area (Å²) < 4.78 is 2.02. The Morgan fingerprint density at radius 1 is 1.77 bits per heavy atom. The molecule has 0 saturated heterocycles. The first-order valence-electron chi connectivity index (χ1n) is 4.21. The summed E-state index contributed by atoms with van der Waals surface area (Å²) in [7, 11) is 0. The Morgan fingerprint density at radius 2 is 2.54 bits per heavy atom. The number of aromatic nitrogens is 2. The molecular weight excluding hydrogens is 186 g/mol. The first-order valence-corrected chi connectivity index (χ1v) is 4.58. The van der Waals surface area contributed by atoms with E-state index in [9.17, 15) is 0 Å². The molecule has 1 aromatic heterocycles. The molecule has 4 heteroatoms. The third-order valence-corrected chi connectivity index (χ3v) is 1.82. The minimum atomic E-state index is 0.365. The fraction of sp³-hybridized carbons (Fsp3) is 0.444. The summed E-state index contributed by atoms with van der Waals surface area (Å²) in [6.07, 6.45) is 5.51. The van der Waals surface area contributed by atoms with Gasteiger partial charge in [0.1, 0.15) is 0 Å². The Morgan fingerprint density at radius 3 is 3.08 bits per heavy atom. The van der Waals surface area contributed by atoms with Crippen molar-refractivity contribution >= 4 is 11.6 Å². The van der Waals surface area contributed by atoms with Crippen LogP contribution in [0, 0.1) is 0 Å². The molecule has 1 aromatic rings. The van der Waals surface area contributed by atoms with Crippen LogP contribution in [0.25, 0.3) is 0 Å². The van der Waals surface area contributed by atoms with E-state index in [0.29, 0.717) is 17.6 Å². The van der Waals surface area contributed by atoms with Gasteiger partial charge in [0.2, 0.25) is 0 Å². The zero-order valence-electron chi connectivity index (χ0n) is 7.70. The number of hydrogen-bond donors (Lipinski definition) is 1. The Kier molecular flexibility index (Phi) is 3.99. The molecule has 0 radical (unpaired) electrons. The van der Waals surface area contributed by atoms with Crippen molar-refractivity contribution in [1.82, 2.24) is 14.9 Å². The highest BCUT2D eigenvalue weighted by molar-refractivity contribution is 6.29. The number of halogens is 1. The van der Waals surface area contributed by atoms with Gasteiger partial charge in [-0.15, -0.1) is 0 Å². The molecule has 1 heterocycles. The van der Waals surface area contributed by atoms with Crippen molar-refractivity contribution in [3.05, 3.63) is 30.3 Å². The summed E-state index contributed by atoms with van der Waals surface area (Å²) in [5.74, 6) is 0. The molecule has 0 bridgehead atoms. The van der Waals surface area contributed by atoms with E-state index < -0.39 is 0 Å². The quantitative estimate of drug-likeness (QED) is 0.781. The first-order chi connectivity index (χ1) is 6.18. The van der Waals surface area contributed by atoms with E-state index in [1.165, 1.54) is 0 Å². The lowest BCUT2D eigenvalue weighted by Crippen LogP contribution is -2.30. The minimum Gasteiger partial charge on any atom is -0.336 e. The van der Waals surface area contributed by atoms with Gasteiger partial charge in [-0.05, 0) is 6.92 Å². The predicted molar refractivity (Wildman–Crippen MR) is 54.7 cm³/mol. The van der Waals surface area contributed by atoms with Crippen LogP contribution in [-0.2, 0) is 6.54 Å². The van der Waals surface area contributed by atoms with Crippen LogP contribution < -0.4 is 5.32 Å². The van der Waals surface area contributed by atoms with Crippen LogP contribution in [-0.4, -0.2) is 22.1 Å².